The van der Waals surface area contributed by atoms with E-state index in [2.05, 4.69) is 147 Å². The van der Waals surface area contributed by atoms with Crippen molar-refractivity contribution in [3.63, 3.8) is 0 Å². The SMILES string of the molecule is C#Cc1c2nc(c(-c3ccc(C)cc3)c3ccc([nH]3)c(-c3ccc(C)cc3)c3nc(c(-c4ccc(C)cc4)c4ccc1s4)C=C3)C=C2. The van der Waals surface area contributed by atoms with Gasteiger partial charge in [-0.25, -0.2) is 9.97 Å². The lowest BCUT2D eigenvalue weighted by Crippen LogP contribution is -1.88. The number of hydrogen-bond donors (Lipinski definition) is 1. The van der Waals surface area contributed by atoms with Crippen molar-refractivity contribution < 1.29 is 0 Å². The molecule has 47 heavy (non-hydrogen) atoms. The van der Waals surface area contributed by atoms with Gasteiger partial charge in [-0.1, -0.05) is 95.4 Å². The summed E-state index contributed by atoms with van der Waals surface area (Å²) >= 11 is 1.68. The quantitative estimate of drug-likeness (QED) is 0.199. The average Bonchev–Trinajstić information content (AvgIpc) is 3.91. The van der Waals surface area contributed by atoms with Crippen LogP contribution in [0.2, 0.25) is 0 Å². The molecule has 2 aliphatic heterocycles. The molecular formula is C43H31N3S. The first kappa shape index (κ1) is 28.7. The highest BCUT2D eigenvalue weighted by molar-refractivity contribution is 7.24. The molecule has 0 aliphatic carbocycles. The van der Waals surface area contributed by atoms with Gasteiger partial charge in [0.25, 0.3) is 0 Å². The third-order valence-corrected chi connectivity index (χ3v) is 9.91. The maximum absolute atomic E-state index is 6.20. The summed E-state index contributed by atoms with van der Waals surface area (Å²) in [4.78, 5) is 14.3. The molecule has 8 bridgehead atoms. The predicted molar refractivity (Wildman–Crippen MR) is 201 cm³/mol. The van der Waals surface area contributed by atoms with Crippen LogP contribution in [-0.2, 0) is 0 Å². The zero-order chi connectivity index (χ0) is 32.1. The summed E-state index contributed by atoms with van der Waals surface area (Å²) in [6, 6.07) is 34.5. The molecule has 2 aliphatic rings. The van der Waals surface area contributed by atoms with Gasteiger partial charge in [-0.2, -0.15) is 0 Å². The van der Waals surface area contributed by atoms with Crippen LogP contribution >= 0.6 is 11.3 Å². The van der Waals surface area contributed by atoms with E-state index >= 15 is 0 Å². The maximum Gasteiger partial charge on any atom is 0.0808 e. The molecule has 0 radical (unpaired) electrons. The first-order valence-corrected chi connectivity index (χ1v) is 16.5. The van der Waals surface area contributed by atoms with Gasteiger partial charge in [0.1, 0.15) is 0 Å². The minimum Gasteiger partial charge on any atom is -0.354 e. The zero-order valence-electron chi connectivity index (χ0n) is 26.4. The molecule has 3 nitrogen and oxygen atoms in total. The molecule has 5 heterocycles. The van der Waals surface area contributed by atoms with Gasteiger partial charge in [0.15, 0.2) is 0 Å². The van der Waals surface area contributed by atoms with Gasteiger partial charge >= 0.3 is 0 Å². The lowest BCUT2D eigenvalue weighted by Gasteiger charge is -2.07. The van der Waals surface area contributed by atoms with Crippen molar-refractivity contribution in [2.75, 3.05) is 0 Å². The van der Waals surface area contributed by atoms with E-state index in [0.717, 1.165) is 82.2 Å². The van der Waals surface area contributed by atoms with Gasteiger partial charge in [0.05, 0.1) is 28.3 Å². The minimum atomic E-state index is 0.782. The molecule has 0 amide bonds. The van der Waals surface area contributed by atoms with E-state index in [1.54, 1.807) is 11.3 Å². The van der Waals surface area contributed by atoms with E-state index in [4.69, 9.17) is 16.4 Å². The third kappa shape index (κ3) is 5.21. The highest BCUT2D eigenvalue weighted by Crippen LogP contribution is 2.39. The van der Waals surface area contributed by atoms with E-state index in [0.29, 0.717) is 0 Å². The third-order valence-electron chi connectivity index (χ3n) is 8.79. The van der Waals surface area contributed by atoms with Gasteiger partial charge in [0, 0.05) is 37.1 Å². The molecule has 3 aromatic heterocycles. The molecule has 0 atom stereocenters. The summed E-state index contributed by atoms with van der Waals surface area (Å²) in [5, 5.41) is 0. The average molecular weight is 622 g/mol. The summed E-state index contributed by atoms with van der Waals surface area (Å²) in [7, 11) is 0. The lowest BCUT2D eigenvalue weighted by molar-refractivity contribution is 1.31. The van der Waals surface area contributed by atoms with E-state index < -0.39 is 0 Å². The van der Waals surface area contributed by atoms with Gasteiger partial charge in [0.2, 0.25) is 0 Å². The van der Waals surface area contributed by atoms with Crippen LogP contribution in [0.4, 0.5) is 0 Å². The van der Waals surface area contributed by atoms with Crippen LogP contribution in [0.25, 0.3) is 78.1 Å². The summed E-state index contributed by atoms with van der Waals surface area (Å²) < 4.78 is 2.10. The molecule has 0 fully saturated rings. The number of thiophene rings is 1. The largest absolute Gasteiger partial charge is 0.354 e. The Morgan fingerprint density at radius 2 is 0.894 bits per heavy atom. The highest BCUT2D eigenvalue weighted by Gasteiger charge is 2.18. The standard InChI is InChI=1S/C43H31N3S/c1-5-32-33-18-19-34(44-33)41(29-12-6-26(2)7-13-29)35-20-21-36(45-35)42(30-14-8-27(3)9-15-30)37-22-23-38(46-37)43(40-25-24-39(32)47-40)31-16-10-28(4)11-17-31/h1,6-25,45H,2-4H3. The smallest absolute Gasteiger partial charge is 0.0808 e. The van der Waals surface area contributed by atoms with Crippen molar-refractivity contribution in [2.24, 2.45) is 0 Å². The lowest BCUT2D eigenvalue weighted by atomic mass is 10.0. The van der Waals surface area contributed by atoms with Crippen molar-refractivity contribution in [1.29, 1.82) is 0 Å². The van der Waals surface area contributed by atoms with Crippen molar-refractivity contribution in [1.82, 2.24) is 15.0 Å². The van der Waals surface area contributed by atoms with Crippen molar-refractivity contribution in [2.45, 2.75) is 20.8 Å². The van der Waals surface area contributed by atoms with Gasteiger partial charge in [-0.05, 0) is 86.0 Å². The fourth-order valence-electron chi connectivity index (χ4n) is 6.31. The van der Waals surface area contributed by atoms with Gasteiger partial charge < -0.3 is 4.98 Å². The molecule has 8 rings (SSSR count). The van der Waals surface area contributed by atoms with Crippen LogP contribution in [-0.4, -0.2) is 15.0 Å². The number of nitrogens with one attached hydrogen (secondary N) is 1. The van der Waals surface area contributed by atoms with Crippen LogP contribution in [0.3, 0.4) is 0 Å². The summed E-state index contributed by atoms with van der Waals surface area (Å²) in [5.74, 6) is 2.97. The van der Waals surface area contributed by atoms with Crippen molar-refractivity contribution in [3.05, 3.63) is 142 Å². The Balaban J connectivity index is 1.56. The number of benzene rings is 3. The monoisotopic (exact) mass is 621 g/mol. The summed E-state index contributed by atoms with van der Waals surface area (Å²) in [6.45, 7) is 6.33. The van der Waals surface area contributed by atoms with Crippen LogP contribution in [0, 0.1) is 33.1 Å². The number of fused-ring (bicyclic) bond motifs is 8. The maximum atomic E-state index is 6.20. The normalized spacial score (nSPS) is 12.0. The molecule has 0 saturated heterocycles. The Kier molecular flexibility index (Phi) is 7.05. The number of H-pyrrole nitrogens is 1. The molecule has 0 spiro atoms. The van der Waals surface area contributed by atoms with Crippen LogP contribution in [0.15, 0.2) is 97.1 Å². The Labute approximate surface area is 278 Å². The molecule has 6 aromatic rings. The molecule has 0 unspecified atom stereocenters. The number of aromatic amines is 1. The number of hydrogen-bond acceptors (Lipinski definition) is 3. The Morgan fingerprint density at radius 3 is 1.38 bits per heavy atom. The van der Waals surface area contributed by atoms with Gasteiger partial charge in [-0.3, -0.25) is 0 Å². The van der Waals surface area contributed by atoms with Crippen molar-refractivity contribution >= 4 is 56.1 Å². The summed E-state index contributed by atoms with van der Waals surface area (Å²) in [6.07, 6.45) is 14.6. The van der Waals surface area contributed by atoms with Crippen LogP contribution in [0.5, 0.6) is 0 Å². The topological polar surface area (TPSA) is 41.6 Å². The number of aromatic nitrogens is 3. The minimum absolute atomic E-state index is 0.782. The molecule has 4 heteroatoms. The first-order chi connectivity index (χ1) is 22.9. The number of terminal acetylenes is 1. The highest BCUT2D eigenvalue weighted by atomic mass is 32.1. The van der Waals surface area contributed by atoms with E-state index in [9.17, 15) is 0 Å². The van der Waals surface area contributed by atoms with Crippen LogP contribution < -0.4 is 0 Å². The number of aryl methyl sites for hydroxylation is 3. The second-order valence-corrected chi connectivity index (χ2v) is 13.2. The number of rotatable bonds is 3. The first-order valence-electron chi connectivity index (χ1n) is 15.7. The fourth-order valence-corrected chi connectivity index (χ4v) is 7.40. The van der Waals surface area contributed by atoms with E-state index in [1.165, 1.54) is 16.7 Å². The van der Waals surface area contributed by atoms with E-state index in [1.807, 2.05) is 6.08 Å². The van der Waals surface area contributed by atoms with Crippen LogP contribution in [0.1, 0.15) is 45.0 Å². The predicted octanol–water partition coefficient (Wildman–Crippen LogP) is 11.3. The zero-order valence-corrected chi connectivity index (χ0v) is 27.2. The Morgan fingerprint density at radius 1 is 0.489 bits per heavy atom. The molecule has 1 N–H and O–H groups in total. The fraction of sp³-hybridized carbons (Fsp3) is 0.0698. The van der Waals surface area contributed by atoms with E-state index in [-0.39, 0.29) is 0 Å². The molecule has 0 saturated carbocycles. The Bertz CT molecular complexity index is 2420. The number of nitrogens with zero attached hydrogens (tertiary/aromatic N) is 2. The molecular weight excluding hydrogens is 591 g/mol. The van der Waals surface area contributed by atoms with Crippen molar-refractivity contribution in [3.8, 4) is 45.7 Å². The molecule has 224 valence electrons. The second kappa shape index (κ2) is 11.6. The van der Waals surface area contributed by atoms with Gasteiger partial charge in [-0.15, -0.1) is 17.8 Å². The Hall–Kier alpha value is -5.76. The second-order valence-electron chi connectivity index (χ2n) is 12.1. The molecule has 3 aromatic carbocycles. The summed E-state index contributed by atoms with van der Waals surface area (Å²) in [5.41, 5.74) is 16.3.